The molecule has 0 saturated carbocycles. The van der Waals surface area contributed by atoms with Crippen molar-refractivity contribution in [3.8, 4) is 77.9 Å². The van der Waals surface area contributed by atoms with Crippen LogP contribution in [0.4, 0.5) is 0 Å². The Hall–Kier alpha value is -7.92. The van der Waals surface area contributed by atoms with E-state index in [4.69, 9.17) is 0 Å². The van der Waals surface area contributed by atoms with Gasteiger partial charge < -0.3 is 0 Å². The molecule has 0 bridgehead atoms. The standard InChI is InChI=1S/C75H52S3/c1-73(2)58-33-29-43(46-21-14-24-51-49-19-10-12-27-61(49)76-70(46)51)38-55(58)65-67(73)64-56-39-44(47-22-15-25-52-50-20-11-13-28-62(50)77-71(47)52)30-34-59(56)74(3,4)68(64)66-57-40-45(31-35-60(57)75(5,6)69(65)66)48-23-16-26-53-54-37-42(41-17-8-7-9-18-41)32-36-63(54)78-72(48)53/h7-40H,1-6H3. The Morgan fingerprint density at radius 1 is 0.244 bits per heavy atom. The molecular weight excluding hydrogens is 997 g/mol. The smallest absolute Gasteiger partial charge is 0.0433 e. The Labute approximate surface area is 466 Å². The zero-order valence-corrected chi connectivity index (χ0v) is 46.8. The number of hydrogen-bond acceptors (Lipinski definition) is 3. The van der Waals surface area contributed by atoms with Gasteiger partial charge >= 0.3 is 0 Å². The molecule has 0 fully saturated rings. The summed E-state index contributed by atoms with van der Waals surface area (Å²) < 4.78 is 8.06. The fourth-order valence-electron chi connectivity index (χ4n) is 15.0. The van der Waals surface area contributed by atoms with Crippen LogP contribution in [0, 0.1) is 0 Å². The fourth-order valence-corrected chi connectivity index (χ4v) is 18.7. The maximum absolute atomic E-state index is 2.59. The van der Waals surface area contributed by atoms with Gasteiger partial charge in [0, 0.05) is 76.8 Å². The minimum Gasteiger partial charge on any atom is -0.135 e. The van der Waals surface area contributed by atoms with Crippen molar-refractivity contribution in [2.24, 2.45) is 0 Å². The number of thiophene rings is 3. The van der Waals surface area contributed by atoms with Gasteiger partial charge in [-0.15, -0.1) is 34.0 Å². The van der Waals surface area contributed by atoms with Crippen LogP contribution in [0.3, 0.4) is 0 Å². The first-order valence-electron chi connectivity index (χ1n) is 27.5. The van der Waals surface area contributed by atoms with E-state index in [2.05, 4.69) is 248 Å². The molecule has 0 saturated heterocycles. The van der Waals surface area contributed by atoms with Crippen LogP contribution in [0.25, 0.3) is 138 Å². The molecule has 78 heavy (non-hydrogen) atoms. The van der Waals surface area contributed by atoms with Crippen LogP contribution in [0.2, 0.25) is 0 Å². The minimum atomic E-state index is -0.286. The second kappa shape index (κ2) is 15.6. The molecule has 0 amide bonds. The lowest BCUT2D eigenvalue weighted by atomic mass is 9.71. The second-order valence-electron chi connectivity index (χ2n) is 23.8. The topological polar surface area (TPSA) is 0 Å². The van der Waals surface area contributed by atoms with E-state index < -0.39 is 0 Å². The largest absolute Gasteiger partial charge is 0.135 e. The normalized spacial score (nSPS) is 15.1. The summed E-state index contributed by atoms with van der Waals surface area (Å²) in [6.07, 6.45) is 0. The molecule has 3 heteroatoms. The van der Waals surface area contributed by atoms with Gasteiger partial charge in [0.2, 0.25) is 0 Å². The molecule has 3 aliphatic carbocycles. The Kier molecular flexibility index (Phi) is 9.05. The molecular formula is C75H52S3. The summed E-state index contributed by atoms with van der Waals surface area (Å²) >= 11 is 5.78. The van der Waals surface area contributed by atoms with Gasteiger partial charge in [0.15, 0.2) is 0 Å². The maximum Gasteiger partial charge on any atom is 0.0433 e. The van der Waals surface area contributed by atoms with Crippen LogP contribution in [0.5, 0.6) is 0 Å². The van der Waals surface area contributed by atoms with E-state index in [1.54, 1.807) is 0 Å². The van der Waals surface area contributed by atoms with Gasteiger partial charge in [-0.2, -0.15) is 0 Å². The molecule has 3 heterocycles. The van der Waals surface area contributed by atoms with E-state index in [0.717, 1.165) is 0 Å². The lowest BCUT2D eigenvalue weighted by Crippen LogP contribution is -2.22. The van der Waals surface area contributed by atoms with Crippen LogP contribution < -0.4 is 0 Å². The van der Waals surface area contributed by atoms with Gasteiger partial charge in [-0.05, 0) is 154 Å². The number of benzene rings is 11. The van der Waals surface area contributed by atoms with E-state index in [9.17, 15) is 0 Å². The summed E-state index contributed by atoms with van der Waals surface area (Å²) in [6.45, 7) is 15.1. The van der Waals surface area contributed by atoms with Crippen molar-refractivity contribution >= 4 is 94.5 Å². The summed E-state index contributed by atoms with van der Waals surface area (Å²) in [4.78, 5) is 0. The van der Waals surface area contributed by atoms with Gasteiger partial charge in [0.25, 0.3) is 0 Å². The van der Waals surface area contributed by atoms with Gasteiger partial charge in [-0.3, -0.25) is 0 Å². The molecule has 0 N–H and O–H groups in total. The Morgan fingerprint density at radius 2 is 0.590 bits per heavy atom. The Morgan fingerprint density at radius 3 is 1.01 bits per heavy atom. The van der Waals surface area contributed by atoms with Gasteiger partial charge in [0.05, 0.1) is 0 Å². The minimum absolute atomic E-state index is 0.279. The molecule has 0 spiro atoms. The van der Waals surface area contributed by atoms with E-state index >= 15 is 0 Å². The van der Waals surface area contributed by atoms with E-state index in [-0.39, 0.29) is 16.2 Å². The predicted octanol–water partition coefficient (Wildman–Crippen LogP) is 22.4. The molecule has 0 nitrogen and oxygen atoms in total. The van der Waals surface area contributed by atoms with Crippen molar-refractivity contribution in [1.82, 2.24) is 0 Å². The Bertz CT molecular complexity index is 4840. The maximum atomic E-state index is 2.59. The molecule has 3 aromatic heterocycles. The molecule has 0 unspecified atom stereocenters. The van der Waals surface area contributed by atoms with E-state index in [0.29, 0.717) is 0 Å². The number of fused-ring (bicyclic) bond motifs is 21. The fraction of sp³-hybridized carbons (Fsp3) is 0.120. The summed E-state index contributed by atoms with van der Waals surface area (Å²) in [5.74, 6) is 0. The molecule has 0 aliphatic heterocycles. The predicted molar refractivity (Wildman–Crippen MR) is 340 cm³/mol. The van der Waals surface area contributed by atoms with Crippen molar-refractivity contribution in [3.05, 3.63) is 240 Å². The first-order chi connectivity index (χ1) is 37.9. The second-order valence-corrected chi connectivity index (χ2v) is 27.0. The van der Waals surface area contributed by atoms with E-state index in [1.165, 1.54) is 172 Å². The first kappa shape index (κ1) is 45.1. The van der Waals surface area contributed by atoms with Crippen molar-refractivity contribution in [1.29, 1.82) is 0 Å². The quantitative estimate of drug-likeness (QED) is 0.165. The zero-order valence-electron chi connectivity index (χ0n) is 44.4. The highest BCUT2D eigenvalue weighted by Crippen LogP contribution is 2.68. The average molecular weight is 1050 g/mol. The van der Waals surface area contributed by atoms with Crippen LogP contribution in [-0.2, 0) is 16.2 Å². The number of rotatable bonds is 4. The molecule has 0 radical (unpaired) electrons. The molecule has 14 aromatic rings. The highest BCUT2D eigenvalue weighted by Gasteiger charge is 2.52. The lowest BCUT2D eigenvalue weighted by Gasteiger charge is -2.31. The zero-order chi connectivity index (χ0) is 52.1. The molecule has 11 aromatic carbocycles. The van der Waals surface area contributed by atoms with Crippen molar-refractivity contribution in [3.63, 3.8) is 0 Å². The summed E-state index contributed by atoms with van der Waals surface area (Å²) in [5, 5.41) is 8.00. The third-order valence-electron chi connectivity index (χ3n) is 18.6. The molecule has 3 aliphatic rings. The average Bonchev–Trinajstić information content (AvgIpc) is 2.33. The van der Waals surface area contributed by atoms with Gasteiger partial charge in [-0.1, -0.05) is 205 Å². The highest BCUT2D eigenvalue weighted by molar-refractivity contribution is 7.27. The van der Waals surface area contributed by atoms with Crippen molar-refractivity contribution in [2.75, 3.05) is 0 Å². The van der Waals surface area contributed by atoms with Crippen LogP contribution in [0.15, 0.2) is 206 Å². The van der Waals surface area contributed by atoms with Crippen LogP contribution >= 0.6 is 34.0 Å². The lowest BCUT2D eigenvalue weighted by molar-refractivity contribution is 0.636. The third kappa shape index (κ3) is 5.89. The highest BCUT2D eigenvalue weighted by atomic mass is 32.1. The first-order valence-corrected chi connectivity index (χ1v) is 29.9. The molecule has 370 valence electrons. The van der Waals surface area contributed by atoms with Crippen LogP contribution in [0.1, 0.15) is 74.9 Å². The number of hydrogen-bond donors (Lipinski definition) is 0. The van der Waals surface area contributed by atoms with E-state index in [1.807, 2.05) is 34.0 Å². The summed E-state index contributed by atoms with van der Waals surface area (Å²) in [6, 6.07) is 79.0. The molecule has 17 rings (SSSR count). The monoisotopic (exact) mass is 1050 g/mol. The SMILES string of the molecule is CC1(C)c2ccc(-c3cccc4c3sc3ccccc34)cc2-c2c1c1c(c3c2C(C)(C)c2ccc(-c4cccc5c4sc4ccc(-c6ccccc6)cc45)cc2-3)C(C)(C)c2ccc(-c3cccc4c3sc3ccccc34)cc2-1. The summed E-state index contributed by atoms with van der Waals surface area (Å²) in [7, 11) is 0. The van der Waals surface area contributed by atoms with Gasteiger partial charge in [-0.25, -0.2) is 0 Å². The van der Waals surface area contributed by atoms with Crippen LogP contribution in [-0.4, -0.2) is 0 Å². The Balaban J connectivity index is 0.936. The molecule has 0 atom stereocenters. The third-order valence-corrected chi connectivity index (χ3v) is 22.3. The van der Waals surface area contributed by atoms with Gasteiger partial charge in [0.1, 0.15) is 0 Å². The summed E-state index contributed by atoms with van der Waals surface area (Å²) in [5.41, 5.74) is 26.6. The van der Waals surface area contributed by atoms with Crippen molar-refractivity contribution in [2.45, 2.75) is 57.8 Å². The van der Waals surface area contributed by atoms with Crippen molar-refractivity contribution < 1.29 is 0 Å².